The molecule has 0 saturated carbocycles. The summed E-state index contributed by atoms with van der Waals surface area (Å²) in [5.74, 6) is -2.02. The molecule has 0 aliphatic heterocycles. The summed E-state index contributed by atoms with van der Waals surface area (Å²) in [6.45, 7) is 3.57. The number of ketones is 1. The third-order valence-corrected chi connectivity index (χ3v) is 3.43. The molecule has 2 aromatic rings. The highest BCUT2D eigenvalue weighted by atomic mass is 35.5. The van der Waals surface area contributed by atoms with Crippen molar-refractivity contribution in [2.75, 3.05) is 7.11 Å². The van der Waals surface area contributed by atoms with E-state index in [9.17, 15) is 13.6 Å². The average Bonchev–Trinajstić information content (AvgIpc) is 2.41. The minimum absolute atomic E-state index is 0.212. The van der Waals surface area contributed by atoms with Gasteiger partial charge in [-0.05, 0) is 43.2 Å². The highest BCUT2D eigenvalue weighted by molar-refractivity contribution is 6.31. The van der Waals surface area contributed by atoms with Crippen molar-refractivity contribution >= 4 is 17.4 Å². The smallest absolute Gasteiger partial charge is 0.200 e. The summed E-state index contributed by atoms with van der Waals surface area (Å²) in [7, 11) is 1.42. The van der Waals surface area contributed by atoms with Crippen molar-refractivity contribution in [3.8, 4) is 5.75 Å². The zero-order chi connectivity index (χ0) is 15.7. The lowest BCUT2D eigenvalue weighted by Gasteiger charge is -2.13. The lowest BCUT2D eigenvalue weighted by molar-refractivity contribution is 0.103. The molecule has 0 unspecified atom stereocenters. The Bertz CT molecular complexity index is 727. The Morgan fingerprint density at radius 2 is 1.76 bits per heavy atom. The standard InChI is InChI=1S/C16H13ClF2O2/c1-8-4-9(2)15(14(5-8)21-3)16(20)10-6-13(19)11(17)7-12(10)18/h4-7H,1-3H3. The normalized spacial score (nSPS) is 10.6. The minimum Gasteiger partial charge on any atom is -0.496 e. The lowest BCUT2D eigenvalue weighted by atomic mass is 9.96. The zero-order valence-electron chi connectivity index (χ0n) is 11.8. The van der Waals surface area contributed by atoms with Crippen molar-refractivity contribution in [3.63, 3.8) is 0 Å². The number of ether oxygens (including phenoxy) is 1. The highest BCUT2D eigenvalue weighted by Crippen LogP contribution is 2.29. The van der Waals surface area contributed by atoms with E-state index in [-0.39, 0.29) is 16.1 Å². The molecule has 0 radical (unpaired) electrons. The van der Waals surface area contributed by atoms with E-state index in [1.807, 2.05) is 6.92 Å². The van der Waals surface area contributed by atoms with Crippen LogP contribution in [0.5, 0.6) is 5.75 Å². The number of carbonyl (C=O) groups excluding carboxylic acids is 1. The van der Waals surface area contributed by atoms with E-state index in [0.29, 0.717) is 11.3 Å². The molecule has 2 nitrogen and oxygen atoms in total. The van der Waals surface area contributed by atoms with Crippen molar-refractivity contribution in [1.29, 1.82) is 0 Å². The first-order valence-electron chi connectivity index (χ1n) is 6.19. The van der Waals surface area contributed by atoms with Crippen molar-refractivity contribution in [2.24, 2.45) is 0 Å². The Morgan fingerprint density at radius 3 is 2.38 bits per heavy atom. The first kappa shape index (κ1) is 15.4. The molecule has 0 heterocycles. The fourth-order valence-corrected chi connectivity index (χ4v) is 2.36. The first-order chi connectivity index (χ1) is 9.85. The van der Waals surface area contributed by atoms with Crippen molar-refractivity contribution < 1.29 is 18.3 Å². The molecule has 0 atom stereocenters. The fraction of sp³-hybridized carbons (Fsp3) is 0.188. The van der Waals surface area contributed by atoms with E-state index in [1.165, 1.54) is 7.11 Å². The monoisotopic (exact) mass is 310 g/mol. The number of rotatable bonds is 3. The molecule has 0 bridgehead atoms. The van der Waals surface area contributed by atoms with Gasteiger partial charge in [0, 0.05) is 0 Å². The Labute approximate surface area is 126 Å². The summed E-state index contributed by atoms with van der Waals surface area (Å²) in [5, 5.41) is -0.364. The maximum absolute atomic E-state index is 13.9. The third kappa shape index (κ3) is 2.90. The molecule has 2 rings (SSSR count). The second kappa shape index (κ2) is 5.82. The van der Waals surface area contributed by atoms with Gasteiger partial charge in [0.25, 0.3) is 0 Å². The van der Waals surface area contributed by atoms with Gasteiger partial charge in [0.15, 0.2) is 5.78 Å². The van der Waals surface area contributed by atoms with Gasteiger partial charge in [-0.15, -0.1) is 0 Å². The van der Waals surface area contributed by atoms with Gasteiger partial charge in [0.2, 0.25) is 0 Å². The van der Waals surface area contributed by atoms with Crippen LogP contribution in [0.1, 0.15) is 27.0 Å². The number of halogens is 3. The Hall–Kier alpha value is -1.94. The van der Waals surface area contributed by atoms with E-state index < -0.39 is 17.4 Å². The van der Waals surface area contributed by atoms with Crippen molar-refractivity contribution in [3.05, 3.63) is 63.2 Å². The summed E-state index contributed by atoms with van der Waals surface area (Å²) >= 11 is 5.50. The molecule has 0 aromatic heterocycles. The van der Waals surface area contributed by atoms with Crippen LogP contribution in [0.4, 0.5) is 8.78 Å². The van der Waals surface area contributed by atoms with E-state index in [0.717, 1.165) is 17.7 Å². The second-order valence-electron chi connectivity index (χ2n) is 4.73. The lowest BCUT2D eigenvalue weighted by Crippen LogP contribution is -2.09. The summed E-state index contributed by atoms with van der Waals surface area (Å²) in [5.41, 5.74) is 1.38. The number of aryl methyl sites for hydroxylation is 2. The van der Waals surface area contributed by atoms with Crippen LogP contribution >= 0.6 is 11.6 Å². The minimum atomic E-state index is -0.867. The zero-order valence-corrected chi connectivity index (χ0v) is 12.5. The van der Waals surface area contributed by atoms with E-state index in [1.54, 1.807) is 19.1 Å². The molecule has 0 N–H and O–H groups in total. The van der Waals surface area contributed by atoms with Gasteiger partial charge in [0.05, 0.1) is 23.3 Å². The van der Waals surface area contributed by atoms with Gasteiger partial charge in [0.1, 0.15) is 17.4 Å². The van der Waals surface area contributed by atoms with Crippen LogP contribution in [-0.4, -0.2) is 12.9 Å². The molecule has 0 spiro atoms. The average molecular weight is 311 g/mol. The van der Waals surface area contributed by atoms with Crippen LogP contribution in [-0.2, 0) is 0 Å². The SMILES string of the molecule is COc1cc(C)cc(C)c1C(=O)c1cc(F)c(Cl)cc1F. The molecule has 5 heteroatoms. The summed E-state index contributed by atoms with van der Waals surface area (Å²) in [4.78, 5) is 12.5. The molecule has 21 heavy (non-hydrogen) atoms. The van der Waals surface area contributed by atoms with E-state index in [4.69, 9.17) is 16.3 Å². The van der Waals surface area contributed by atoms with Crippen LogP contribution in [0, 0.1) is 25.5 Å². The number of methoxy groups -OCH3 is 1. The number of benzene rings is 2. The van der Waals surface area contributed by atoms with Crippen LogP contribution in [0.3, 0.4) is 0 Å². The van der Waals surface area contributed by atoms with Crippen molar-refractivity contribution in [2.45, 2.75) is 13.8 Å². The van der Waals surface area contributed by atoms with Crippen LogP contribution in [0.15, 0.2) is 24.3 Å². The molecule has 0 fully saturated rings. The summed E-state index contributed by atoms with van der Waals surface area (Å²) in [6, 6.07) is 5.04. The van der Waals surface area contributed by atoms with Crippen LogP contribution in [0.2, 0.25) is 5.02 Å². The number of carbonyl (C=O) groups is 1. The summed E-state index contributed by atoms with van der Waals surface area (Å²) in [6.07, 6.45) is 0. The van der Waals surface area contributed by atoms with Crippen LogP contribution in [0.25, 0.3) is 0 Å². The maximum atomic E-state index is 13.9. The van der Waals surface area contributed by atoms with Gasteiger partial charge in [-0.3, -0.25) is 4.79 Å². The third-order valence-electron chi connectivity index (χ3n) is 3.15. The number of hydrogen-bond donors (Lipinski definition) is 0. The molecular formula is C16H13ClF2O2. The predicted octanol–water partition coefficient (Wildman–Crippen LogP) is 4.47. The van der Waals surface area contributed by atoms with E-state index in [2.05, 4.69) is 0 Å². The quantitative estimate of drug-likeness (QED) is 0.617. The van der Waals surface area contributed by atoms with Gasteiger partial charge >= 0.3 is 0 Å². The van der Waals surface area contributed by atoms with Gasteiger partial charge in [-0.1, -0.05) is 17.7 Å². The molecular weight excluding hydrogens is 298 g/mol. The van der Waals surface area contributed by atoms with Crippen LogP contribution < -0.4 is 4.74 Å². The fourth-order valence-electron chi connectivity index (χ4n) is 2.21. The Balaban J connectivity index is 2.63. The molecule has 0 aliphatic carbocycles. The molecule has 2 aromatic carbocycles. The van der Waals surface area contributed by atoms with Gasteiger partial charge in [-0.25, -0.2) is 8.78 Å². The Kier molecular flexibility index (Phi) is 4.28. The maximum Gasteiger partial charge on any atom is 0.200 e. The number of hydrogen-bond acceptors (Lipinski definition) is 2. The topological polar surface area (TPSA) is 26.3 Å². The summed E-state index contributed by atoms with van der Waals surface area (Å²) < 4.78 is 32.6. The largest absolute Gasteiger partial charge is 0.496 e. The molecule has 0 saturated heterocycles. The molecule has 0 amide bonds. The predicted molar refractivity (Wildman–Crippen MR) is 77.3 cm³/mol. The van der Waals surface area contributed by atoms with Gasteiger partial charge < -0.3 is 4.74 Å². The second-order valence-corrected chi connectivity index (χ2v) is 5.14. The molecule has 110 valence electrons. The first-order valence-corrected chi connectivity index (χ1v) is 6.57. The van der Waals surface area contributed by atoms with Gasteiger partial charge in [-0.2, -0.15) is 0 Å². The Morgan fingerprint density at radius 1 is 1.10 bits per heavy atom. The highest BCUT2D eigenvalue weighted by Gasteiger charge is 2.22. The molecule has 0 aliphatic rings. The van der Waals surface area contributed by atoms with E-state index >= 15 is 0 Å². The van der Waals surface area contributed by atoms with Crippen molar-refractivity contribution in [1.82, 2.24) is 0 Å².